The van der Waals surface area contributed by atoms with Crippen molar-refractivity contribution in [1.29, 1.82) is 0 Å². The molecule has 0 saturated heterocycles. The number of nitro groups is 1. The van der Waals surface area contributed by atoms with Crippen molar-refractivity contribution in [3.63, 3.8) is 0 Å². The van der Waals surface area contributed by atoms with Crippen LogP contribution >= 0.6 is 0 Å². The Morgan fingerprint density at radius 2 is 1.76 bits per heavy atom. The van der Waals surface area contributed by atoms with E-state index in [1.807, 2.05) is 24.3 Å². The van der Waals surface area contributed by atoms with E-state index in [-0.39, 0.29) is 11.3 Å². The molecule has 0 radical (unpaired) electrons. The zero-order valence-corrected chi connectivity index (χ0v) is 18.3. The second-order valence-electron chi connectivity index (χ2n) is 7.34. The number of nitro benzene ring substituents is 1. The molecule has 1 amide bonds. The van der Waals surface area contributed by atoms with Gasteiger partial charge in [0.15, 0.2) is 11.5 Å². The van der Waals surface area contributed by atoms with Crippen LogP contribution in [0, 0.1) is 10.1 Å². The number of carbonyl (C=O) groups is 1. The molecule has 34 heavy (non-hydrogen) atoms. The predicted molar refractivity (Wildman–Crippen MR) is 129 cm³/mol. The normalized spacial score (nSPS) is 10.9. The van der Waals surface area contributed by atoms with Gasteiger partial charge in [0.1, 0.15) is 6.61 Å². The molecule has 1 N–H and O–H groups in total. The minimum absolute atomic E-state index is 0.0880. The lowest BCUT2D eigenvalue weighted by molar-refractivity contribution is -0.384. The summed E-state index contributed by atoms with van der Waals surface area (Å²) in [5.41, 5.74) is 4.34. The highest BCUT2D eigenvalue weighted by atomic mass is 16.6. The van der Waals surface area contributed by atoms with E-state index >= 15 is 0 Å². The summed E-state index contributed by atoms with van der Waals surface area (Å²) in [7, 11) is 1.55. The largest absolute Gasteiger partial charge is 0.493 e. The Kier molecular flexibility index (Phi) is 6.78. The molecule has 8 heteroatoms. The van der Waals surface area contributed by atoms with Gasteiger partial charge in [-0.1, -0.05) is 42.5 Å². The van der Waals surface area contributed by atoms with Gasteiger partial charge >= 0.3 is 0 Å². The molecular weight excluding hydrogens is 434 g/mol. The van der Waals surface area contributed by atoms with E-state index in [4.69, 9.17) is 9.47 Å². The Bertz CT molecular complexity index is 1360. The van der Waals surface area contributed by atoms with E-state index in [0.29, 0.717) is 23.7 Å². The maximum absolute atomic E-state index is 12.2. The number of carbonyl (C=O) groups excluding carboxylic acids is 1. The average molecular weight is 455 g/mol. The Labute approximate surface area is 195 Å². The van der Waals surface area contributed by atoms with E-state index in [1.54, 1.807) is 25.3 Å². The number of hydrogen-bond donors (Lipinski definition) is 1. The average Bonchev–Trinajstić information content (AvgIpc) is 2.87. The van der Waals surface area contributed by atoms with Crippen molar-refractivity contribution in [2.45, 2.75) is 6.61 Å². The van der Waals surface area contributed by atoms with Crippen molar-refractivity contribution in [3.05, 3.63) is 112 Å². The lowest BCUT2D eigenvalue weighted by Gasteiger charge is -2.12. The van der Waals surface area contributed by atoms with Gasteiger partial charge in [-0.25, -0.2) is 5.43 Å². The molecule has 4 rings (SSSR count). The van der Waals surface area contributed by atoms with Gasteiger partial charge in [-0.2, -0.15) is 5.10 Å². The highest BCUT2D eigenvalue weighted by molar-refractivity contribution is 5.95. The van der Waals surface area contributed by atoms with E-state index in [9.17, 15) is 14.9 Å². The molecule has 0 unspecified atom stereocenters. The van der Waals surface area contributed by atoms with E-state index in [2.05, 4.69) is 28.7 Å². The third-order valence-corrected chi connectivity index (χ3v) is 5.17. The number of non-ortho nitro benzene ring substituents is 1. The van der Waals surface area contributed by atoms with Crippen molar-refractivity contribution < 1.29 is 19.2 Å². The number of benzene rings is 4. The first-order valence-corrected chi connectivity index (χ1v) is 10.4. The van der Waals surface area contributed by atoms with Gasteiger partial charge in [-0.05, 0) is 52.2 Å². The summed E-state index contributed by atoms with van der Waals surface area (Å²) in [5.74, 6) is 0.640. The number of amides is 1. The molecule has 0 aliphatic heterocycles. The minimum Gasteiger partial charge on any atom is -0.493 e. The lowest BCUT2D eigenvalue weighted by atomic mass is 10.1. The Morgan fingerprint density at radius 1 is 1.00 bits per heavy atom. The number of nitrogens with zero attached hydrogens (tertiary/aromatic N) is 2. The van der Waals surface area contributed by atoms with Crippen molar-refractivity contribution in [1.82, 2.24) is 5.43 Å². The molecule has 4 aromatic carbocycles. The topological polar surface area (TPSA) is 103 Å². The molecule has 0 saturated carbocycles. The van der Waals surface area contributed by atoms with E-state index in [1.165, 1.54) is 30.5 Å². The number of hydrogen-bond acceptors (Lipinski definition) is 6. The van der Waals surface area contributed by atoms with Gasteiger partial charge < -0.3 is 9.47 Å². The van der Waals surface area contributed by atoms with Crippen LogP contribution in [0.1, 0.15) is 21.5 Å². The van der Waals surface area contributed by atoms with Crippen LogP contribution in [0.4, 0.5) is 5.69 Å². The molecule has 0 fully saturated rings. The third-order valence-electron chi connectivity index (χ3n) is 5.17. The molecule has 0 bridgehead atoms. The Hall–Kier alpha value is -4.72. The van der Waals surface area contributed by atoms with Crippen LogP contribution in [0.2, 0.25) is 0 Å². The number of rotatable bonds is 8. The quantitative estimate of drug-likeness (QED) is 0.226. The summed E-state index contributed by atoms with van der Waals surface area (Å²) >= 11 is 0. The van der Waals surface area contributed by atoms with E-state index < -0.39 is 10.8 Å². The number of ether oxygens (including phenoxy) is 2. The molecule has 0 heterocycles. The first kappa shape index (κ1) is 22.5. The molecule has 0 aromatic heterocycles. The molecule has 0 aliphatic rings. The summed E-state index contributed by atoms with van der Waals surface area (Å²) < 4.78 is 11.5. The number of fused-ring (bicyclic) bond motifs is 1. The summed E-state index contributed by atoms with van der Waals surface area (Å²) in [6, 6.07) is 24.8. The van der Waals surface area contributed by atoms with Gasteiger partial charge in [0.25, 0.3) is 11.6 Å². The summed E-state index contributed by atoms with van der Waals surface area (Å²) in [6.45, 7) is 0.385. The molecular formula is C26H21N3O5. The number of methoxy groups -OCH3 is 1. The maximum Gasteiger partial charge on any atom is 0.271 e. The summed E-state index contributed by atoms with van der Waals surface area (Å²) in [6.07, 6.45) is 1.47. The smallest absolute Gasteiger partial charge is 0.271 e. The minimum atomic E-state index is -0.525. The van der Waals surface area contributed by atoms with Crippen LogP contribution in [-0.2, 0) is 6.61 Å². The molecule has 8 nitrogen and oxygen atoms in total. The Morgan fingerprint density at radius 3 is 2.53 bits per heavy atom. The molecule has 170 valence electrons. The van der Waals surface area contributed by atoms with Crippen molar-refractivity contribution >= 4 is 28.6 Å². The second-order valence-corrected chi connectivity index (χ2v) is 7.34. The molecule has 0 aliphatic carbocycles. The SMILES string of the molecule is COc1cc(C=NNC(=O)c2ccc([N+](=O)[O-])cc2)ccc1OCc1cccc2ccccc12. The van der Waals surface area contributed by atoms with Gasteiger partial charge in [-0.15, -0.1) is 0 Å². The first-order chi connectivity index (χ1) is 16.5. The second kappa shape index (κ2) is 10.3. The fraction of sp³-hybridized carbons (Fsp3) is 0.0769. The van der Waals surface area contributed by atoms with Crippen LogP contribution < -0.4 is 14.9 Å². The Balaban J connectivity index is 1.41. The van der Waals surface area contributed by atoms with Crippen LogP contribution in [0.15, 0.2) is 90.0 Å². The fourth-order valence-corrected chi connectivity index (χ4v) is 3.42. The van der Waals surface area contributed by atoms with Crippen molar-refractivity contribution in [2.24, 2.45) is 5.10 Å². The summed E-state index contributed by atoms with van der Waals surface area (Å²) in [5, 5.41) is 17.0. The maximum atomic E-state index is 12.2. The highest BCUT2D eigenvalue weighted by Gasteiger charge is 2.10. The standard InChI is InChI=1S/C26H21N3O5/c1-33-25-15-18(16-27-28-26(30)20-10-12-22(13-11-20)29(31)32)9-14-24(25)34-17-21-7-4-6-19-5-2-3-8-23(19)21/h2-16H,17H2,1H3,(H,28,30). The van der Waals surface area contributed by atoms with Crippen LogP contribution in [0.3, 0.4) is 0 Å². The van der Waals surface area contributed by atoms with Crippen molar-refractivity contribution in [2.75, 3.05) is 7.11 Å². The van der Waals surface area contributed by atoms with Gasteiger partial charge in [0, 0.05) is 17.7 Å². The fourth-order valence-electron chi connectivity index (χ4n) is 3.42. The monoisotopic (exact) mass is 455 g/mol. The molecule has 0 atom stereocenters. The van der Waals surface area contributed by atoms with Gasteiger partial charge in [0.05, 0.1) is 18.2 Å². The molecule has 0 spiro atoms. The van der Waals surface area contributed by atoms with E-state index in [0.717, 1.165) is 16.3 Å². The zero-order valence-electron chi connectivity index (χ0n) is 18.3. The number of nitrogens with one attached hydrogen (secondary N) is 1. The van der Waals surface area contributed by atoms with Crippen molar-refractivity contribution in [3.8, 4) is 11.5 Å². The highest BCUT2D eigenvalue weighted by Crippen LogP contribution is 2.29. The third kappa shape index (κ3) is 5.18. The molecule has 4 aromatic rings. The summed E-state index contributed by atoms with van der Waals surface area (Å²) in [4.78, 5) is 22.4. The first-order valence-electron chi connectivity index (χ1n) is 10.4. The van der Waals surface area contributed by atoms with Crippen LogP contribution in [0.5, 0.6) is 11.5 Å². The van der Waals surface area contributed by atoms with Gasteiger partial charge in [0.2, 0.25) is 0 Å². The lowest BCUT2D eigenvalue weighted by Crippen LogP contribution is -2.17. The predicted octanol–water partition coefficient (Wildman–Crippen LogP) is 5.10. The zero-order chi connectivity index (χ0) is 23.9. The van der Waals surface area contributed by atoms with Crippen LogP contribution in [0.25, 0.3) is 10.8 Å². The van der Waals surface area contributed by atoms with Gasteiger partial charge in [-0.3, -0.25) is 14.9 Å². The number of hydrazone groups is 1. The van der Waals surface area contributed by atoms with Crippen LogP contribution in [-0.4, -0.2) is 24.2 Å².